The first-order chi connectivity index (χ1) is 5.27. The zero-order valence-corrected chi connectivity index (χ0v) is 7.28. The van der Waals surface area contributed by atoms with Crippen LogP contribution in [0, 0.1) is 0 Å². The predicted molar refractivity (Wildman–Crippen MR) is 44.3 cm³/mol. The lowest BCUT2D eigenvalue weighted by atomic mass is 10.5. The Morgan fingerprint density at radius 3 is 2.91 bits per heavy atom. The fourth-order valence-corrected chi connectivity index (χ4v) is 1.98. The lowest BCUT2D eigenvalue weighted by molar-refractivity contribution is 0.108. The monoisotopic (exact) mass is 187 g/mol. The Morgan fingerprint density at radius 2 is 2.45 bits per heavy atom. The molecule has 0 atom stereocenters. The van der Waals surface area contributed by atoms with E-state index in [1.54, 1.807) is 6.20 Å². The highest BCUT2D eigenvalue weighted by atomic mass is 35.5. The van der Waals surface area contributed by atoms with Gasteiger partial charge in [0.05, 0.1) is 11.2 Å². The second kappa shape index (κ2) is 2.57. The van der Waals surface area contributed by atoms with Gasteiger partial charge >= 0.3 is 0 Å². The molecule has 1 aliphatic carbocycles. The molecule has 0 aromatic carbocycles. The number of hydrogen-bond acceptors (Lipinski definition) is 3. The minimum absolute atomic E-state index is 0.394. The van der Waals surface area contributed by atoms with Gasteiger partial charge < -0.3 is 0 Å². The zero-order chi connectivity index (χ0) is 7.84. The SMILES string of the molecule is O=C(Cl)c1cnc(C2CC2)s1. The lowest BCUT2D eigenvalue weighted by Crippen LogP contribution is -1.78. The minimum Gasteiger partial charge on any atom is -0.275 e. The van der Waals surface area contributed by atoms with Crippen LogP contribution in [0.25, 0.3) is 0 Å². The van der Waals surface area contributed by atoms with E-state index >= 15 is 0 Å². The summed E-state index contributed by atoms with van der Waals surface area (Å²) in [5.41, 5.74) is 0. The van der Waals surface area contributed by atoms with Crippen LogP contribution in [0.4, 0.5) is 0 Å². The van der Waals surface area contributed by atoms with E-state index in [0.29, 0.717) is 10.8 Å². The van der Waals surface area contributed by atoms with Crippen LogP contribution in [0.5, 0.6) is 0 Å². The second-order valence-corrected chi connectivity index (χ2v) is 4.02. The molecule has 1 aliphatic rings. The van der Waals surface area contributed by atoms with Crippen molar-refractivity contribution in [3.63, 3.8) is 0 Å². The van der Waals surface area contributed by atoms with Crippen molar-refractivity contribution in [3.8, 4) is 0 Å². The van der Waals surface area contributed by atoms with Gasteiger partial charge in [0.1, 0.15) is 4.88 Å². The van der Waals surface area contributed by atoms with Crippen molar-refractivity contribution in [2.75, 3.05) is 0 Å². The maximum atomic E-state index is 10.6. The van der Waals surface area contributed by atoms with Gasteiger partial charge in [0.25, 0.3) is 5.24 Å². The van der Waals surface area contributed by atoms with E-state index in [2.05, 4.69) is 4.98 Å². The van der Waals surface area contributed by atoms with E-state index in [9.17, 15) is 4.79 Å². The maximum Gasteiger partial charge on any atom is 0.264 e. The molecule has 2 nitrogen and oxygen atoms in total. The summed E-state index contributed by atoms with van der Waals surface area (Å²) in [6.07, 6.45) is 3.99. The van der Waals surface area contributed by atoms with E-state index in [1.807, 2.05) is 0 Å². The molecule has 1 aromatic heterocycles. The van der Waals surface area contributed by atoms with E-state index in [1.165, 1.54) is 24.2 Å². The Kier molecular flexibility index (Phi) is 1.69. The standard InChI is InChI=1S/C7H6ClNOS/c8-6(10)5-3-9-7(11-5)4-1-2-4/h3-4H,1-2H2. The van der Waals surface area contributed by atoms with Gasteiger partial charge in [-0.2, -0.15) is 0 Å². The van der Waals surface area contributed by atoms with Crippen LogP contribution in [-0.4, -0.2) is 10.2 Å². The fourth-order valence-electron chi connectivity index (χ4n) is 0.898. The van der Waals surface area contributed by atoms with Crippen LogP contribution in [0.2, 0.25) is 0 Å². The maximum absolute atomic E-state index is 10.6. The largest absolute Gasteiger partial charge is 0.275 e. The highest BCUT2D eigenvalue weighted by Gasteiger charge is 2.27. The van der Waals surface area contributed by atoms with Crippen LogP contribution >= 0.6 is 22.9 Å². The molecule has 0 saturated heterocycles. The molecule has 1 fully saturated rings. The summed E-state index contributed by atoms with van der Waals surface area (Å²) < 4.78 is 0. The van der Waals surface area contributed by atoms with E-state index in [4.69, 9.17) is 11.6 Å². The molecule has 2 rings (SSSR count). The van der Waals surface area contributed by atoms with Gasteiger partial charge in [-0.25, -0.2) is 4.98 Å². The number of thiazole rings is 1. The van der Waals surface area contributed by atoms with Crippen LogP contribution in [0.1, 0.15) is 33.4 Å². The molecule has 0 bridgehead atoms. The van der Waals surface area contributed by atoms with E-state index < -0.39 is 5.24 Å². The summed E-state index contributed by atoms with van der Waals surface area (Å²) in [7, 11) is 0. The molecule has 0 aliphatic heterocycles. The second-order valence-electron chi connectivity index (χ2n) is 2.61. The summed E-state index contributed by atoms with van der Waals surface area (Å²) >= 11 is 6.69. The Labute approximate surface area is 73.2 Å². The Bertz CT molecular complexity index is 292. The van der Waals surface area contributed by atoms with Gasteiger partial charge in [-0.05, 0) is 24.4 Å². The normalized spacial score (nSPS) is 16.8. The smallest absolute Gasteiger partial charge is 0.264 e. The third-order valence-electron chi connectivity index (χ3n) is 1.64. The summed E-state index contributed by atoms with van der Waals surface area (Å²) in [5.74, 6) is 0.616. The van der Waals surface area contributed by atoms with E-state index in [0.717, 1.165) is 5.01 Å². The van der Waals surface area contributed by atoms with Crippen molar-refractivity contribution in [1.29, 1.82) is 0 Å². The first-order valence-electron chi connectivity index (χ1n) is 3.43. The first-order valence-corrected chi connectivity index (χ1v) is 4.62. The fraction of sp³-hybridized carbons (Fsp3) is 0.429. The van der Waals surface area contributed by atoms with Gasteiger partial charge in [-0.3, -0.25) is 4.79 Å². The van der Waals surface area contributed by atoms with Gasteiger partial charge in [0.15, 0.2) is 0 Å². The number of rotatable bonds is 2. The van der Waals surface area contributed by atoms with Crippen LogP contribution in [0.15, 0.2) is 6.20 Å². The number of aromatic nitrogens is 1. The molecule has 1 heterocycles. The Morgan fingerprint density at radius 1 is 1.73 bits per heavy atom. The van der Waals surface area contributed by atoms with Crippen molar-refractivity contribution in [2.45, 2.75) is 18.8 Å². The van der Waals surface area contributed by atoms with Gasteiger partial charge in [-0.1, -0.05) is 0 Å². The van der Waals surface area contributed by atoms with Gasteiger partial charge in [0, 0.05) is 5.92 Å². The number of halogens is 1. The molecule has 0 N–H and O–H groups in total. The quantitative estimate of drug-likeness (QED) is 0.666. The van der Waals surface area contributed by atoms with Crippen LogP contribution < -0.4 is 0 Å². The van der Waals surface area contributed by atoms with Crippen molar-refractivity contribution in [1.82, 2.24) is 4.98 Å². The number of nitrogens with zero attached hydrogens (tertiary/aromatic N) is 1. The third kappa shape index (κ3) is 1.44. The average Bonchev–Trinajstić information content (AvgIpc) is 2.68. The molecule has 58 valence electrons. The molecule has 0 unspecified atom stereocenters. The average molecular weight is 188 g/mol. The van der Waals surface area contributed by atoms with Gasteiger partial charge in [0.2, 0.25) is 0 Å². The van der Waals surface area contributed by atoms with Crippen LogP contribution in [-0.2, 0) is 0 Å². The Hall–Kier alpha value is -0.410. The zero-order valence-electron chi connectivity index (χ0n) is 5.71. The van der Waals surface area contributed by atoms with Crippen molar-refractivity contribution < 1.29 is 4.79 Å². The summed E-state index contributed by atoms with van der Waals surface area (Å²) in [6, 6.07) is 0. The lowest BCUT2D eigenvalue weighted by Gasteiger charge is -1.82. The van der Waals surface area contributed by atoms with E-state index in [-0.39, 0.29) is 0 Å². The van der Waals surface area contributed by atoms with Gasteiger partial charge in [-0.15, -0.1) is 11.3 Å². The van der Waals surface area contributed by atoms with Crippen molar-refractivity contribution in [2.24, 2.45) is 0 Å². The number of hydrogen-bond donors (Lipinski definition) is 0. The Balaban J connectivity index is 2.25. The molecular weight excluding hydrogens is 182 g/mol. The van der Waals surface area contributed by atoms with Crippen LogP contribution in [0.3, 0.4) is 0 Å². The summed E-state index contributed by atoms with van der Waals surface area (Å²) in [5, 5.41) is 0.670. The molecule has 11 heavy (non-hydrogen) atoms. The molecule has 1 saturated carbocycles. The number of carbonyl (C=O) groups excluding carboxylic acids is 1. The predicted octanol–water partition coefficient (Wildman–Crippen LogP) is 2.40. The molecular formula is C7H6ClNOS. The topological polar surface area (TPSA) is 30.0 Å². The summed E-state index contributed by atoms with van der Waals surface area (Å²) in [6.45, 7) is 0. The van der Waals surface area contributed by atoms with Crippen molar-refractivity contribution >= 4 is 28.2 Å². The minimum atomic E-state index is -0.394. The van der Waals surface area contributed by atoms with Crippen molar-refractivity contribution in [3.05, 3.63) is 16.1 Å². The highest BCUT2D eigenvalue weighted by molar-refractivity contribution is 7.15. The molecule has 0 amide bonds. The highest BCUT2D eigenvalue weighted by Crippen LogP contribution is 2.41. The number of carbonyl (C=O) groups is 1. The molecule has 4 heteroatoms. The summed E-state index contributed by atoms with van der Waals surface area (Å²) in [4.78, 5) is 15.3. The molecule has 1 aromatic rings. The molecule has 0 spiro atoms. The third-order valence-corrected chi connectivity index (χ3v) is 3.12. The molecule has 0 radical (unpaired) electrons. The first kappa shape index (κ1) is 7.25.